The Kier molecular flexibility index (Phi) is 9.44. The predicted molar refractivity (Wildman–Crippen MR) is 132 cm³/mol. The second kappa shape index (κ2) is 11.6. The molecule has 1 atom stereocenters. The monoisotopic (exact) mass is 494 g/mol. The van der Waals surface area contributed by atoms with Crippen molar-refractivity contribution in [2.75, 3.05) is 14.2 Å². The molecule has 6 nitrogen and oxygen atoms in total. The van der Waals surface area contributed by atoms with Crippen LogP contribution >= 0.6 is 23.2 Å². The lowest BCUT2D eigenvalue weighted by molar-refractivity contribution is -0.141. The fraction of sp³-hybridized carbons (Fsp3) is 0.440. The molecule has 2 rings (SSSR count). The van der Waals surface area contributed by atoms with Crippen LogP contribution in [0.25, 0.3) is 0 Å². The summed E-state index contributed by atoms with van der Waals surface area (Å²) >= 11 is 12.2. The summed E-state index contributed by atoms with van der Waals surface area (Å²) in [6.45, 7) is 7.67. The number of halogens is 2. The van der Waals surface area contributed by atoms with Gasteiger partial charge >= 0.3 is 0 Å². The molecule has 0 aromatic heterocycles. The van der Waals surface area contributed by atoms with Crippen molar-refractivity contribution in [1.82, 2.24) is 10.2 Å². The van der Waals surface area contributed by atoms with Gasteiger partial charge in [-0.1, -0.05) is 35.3 Å². The van der Waals surface area contributed by atoms with Crippen molar-refractivity contribution >= 4 is 35.0 Å². The number of nitrogens with zero attached hydrogens (tertiary/aromatic N) is 1. The molecule has 0 radical (unpaired) electrons. The molecule has 2 amide bonds. The van der Waals surface area contributed by atoms with Crippen LogP contribution in [0.3, 0.4) is 0 Å². The predicted octanol–water partition coefficient (Wildman–Crippen LogP) is 5.28. The van der Waals surface area contributed by atoms with Gasteiger partial charge < -0.3 is 19.7 Å². The maximum Gasteiger partial charge on any atom is 0.242 e. The van der Waals surface area contributed by atoms with Crippen LogP contribution < -0.4 is 14.8 Å². The largest absolute Gasteiger partial charge is 0.493 e. The van der Waals surface area contributed by atoms with Crippen LogP contribution in [-0.4, -0.2) is 42.5 Å². The van der Waals surface area contributed by atoms with Crippen LogP contribution in [0.1, 0.15) is 45.2 Å². The van der Waals surface area contributed by atoms with E-state index in [1.54, 1.807) is 44.2 Å². The van der Waals surface area contributed by atoms with E-state index in [-0.39, 0.29) is 24.8 Å². The van der Waals surface area contributed by atoms with Crippen LogP contribution in [-0.2, 0) is 22.6 Å². The van der Waals surface area contributed by atoms with E-state index in [1.807, 2.05) is 39.0 Å². The Bertz CT molecular complexity index is 989. The maximum absolute atomic E-state index is 13.3. The molecule has 2 aromatic rings. The van der Waals surface area contributed by atoms with Crippen molar-refractivity contribution in [3.8, 4) is 11.5 Å². The third-order valence-electron chi connectivity index (χ3n) is 5.08. The molecule has 0 saturated carbocycles. The topological polar surface area (TPSA) is 67.9 Å². The lowest BCUT2D eigenvalue weighted by Gasteiger charge is -2.31. The molecule has 0 aliphatic rings. The van der Waals surface area contributed by atoms with E-state index in [1.165, 1.54) is 0 Å². The number of methoxy groups -OCH3 is 2. The fourth-order valence-corrected chi connectivity index (χ4v) is 3.64. The van der Waals surface area contributed by atoms with Gasteiger partial charge in [0.05, 0.1) is 24.3 Å². The van der Waals surface area contributed by atoms with Gasteiger partial charge in [0.15, 0.2) is 11.5 Å². The van der Waals surface area contributed by atoms with Crippen molar-refractivity contribution < 1.29 is 19.1 Å². The number of hydrogen-bond acceptors (Lipinski definition) is 4. The molecule has 0 bridgehead atoms. The number of aryl methyl sites for hydroxylation is 1. The Morgan fingerprint density at radius 2 is 1.61 bits per heavy atom. The molecule has 0 fully saturated rings. The van der Waals surface area contributed by atoms with Crippen molar-refractivity contribution in [1.29, 1.82) is 0 Å². The molecule has 33 heavy (non-hydrogen) atoms. The summed E-state index contributed by atoms with van der Waals surface area (Å²) in [5.41, 5.74) is 1.31. The van der Waals surface area contributed by atoms with Crippen LogP contribution in [0.2, 0.25) is 10.0 Å². The molecule has 180 valence electrons. The number of hydrogen-bond donors (Lipinski definition) is 1. The van der Waals surface area contributed by atoms with Gasteiger partial charge in [0, 0.05) is 18.5 Å². The highest BCUT2D eigenvalue weighted by Gasteiger charge is 2.28. The maximum atomic E-state index is 13.3. The van der Waals surface area contributed by atoms with Crippen molar-refractivity contribution in [3.05, 3.63) is 57.6 Å². The summed E-state index contributed by atoms with van der Waals surface area (Å²) < 4.78 is 10.6. The zero-order valence-corrected chi connectivity index (χ0v) is 21.5. The quantitative estimate of drug-likeness (QED) is 0.515. The Morgan fingerprint density at radius 1 is 0.970 bits per heavy atom. The van der Waals surface area contributed by atoms with E-state index < -0.39 is 11.6 Å². The number of carbonyl (C=O) groups excluding carboxylic acids is 2. The third kappa shape index (κ3) is 7.83. The number of ether oxygens (including phenoxy) is 2. The molecule has 1 N–H and O–H groups in total. The fourth-order valence-electron chi connectivity index (χ4n) is 3.32. The highest BCUT2D eigenvalue weighted by molar-refractivity contribution is 6.42. The van der Waals surface area contributed by atoms with E-state index in [4.69, 9.17) is 32.7 Å². The molecule has 8 heteroatoms. The van der Waals surface area contributed by atoms with Gasteiger partial charge in [0.2, 0.25) is 11.8 Å². The van der Waals surface area contributed by atoms with E-state index in [0.717, 1.165) is 11.1 Å². The first kappa shape index (κ1) is 26.8. The minimum Gasteiger partial charge on any atom is -0.493 e. The summed E-state index contributed by atoms with van der Waals surface area (Å²) in [5.74, 6) is 0.865. The van der Waals surface area contributed by atoms with Crippen LogP contribution in [0.15, 0.2) is 36.4 Å². The zero-order chi connectivity index (χ0) is 24.8. The molecule has 0 aliphatic heterocycles. The molecule has 0 spiro atoms. The van der Waals surface area contributed by atoms with E-state index in [0.29, 0.717) is 28.0 Å². The highest BCUT2D eigenvalue weighted by Crippen LogP contribution is 2.28. The van der Waals surface area contributed by atoms with Crippen LogP contribution in [0.5, 0.6) is 11.5 Å². The summed E-state index contributed by atoms with van der Waals surface area (Å²) in [7, 11) is 3.15. The number of rotatable bonds is 9. The minimum atomic E-state index is -0.670. The van der Waals surface area contributed by atoms with Crippen molar-refractivity contribution in [3.63, 3.8) is 0 Å². The molecule has 0 aliphatic carbocycles. The summed E-state index contributed by atoms with van der Waals surface area (Å²) in [5, 5.41) is 3.79. The molecule has 0 saturated heterocycles. The van der Waals surface area contributed by atoms with Gasteiger partial charge in [-0.25, -0.2) is 0 Å². The highest BCUT2D eigenvalue weighted by atomic mass is 35.5. The van der Waals surface area contributed by atoms with Gasteiger partial charge in [-0.2, -0.15) is 0 Å². The van der Waals surface area contributed by atoms with Gasteiger partial charge in [-0.3, -0.25) is 9.59 Å². The van der Waals surface area contributed by atoms with Gasteiger partial charge in [-0.05, 0) is 69.5 Å². The average molecular weight is 495 g/mol. The van der Waals surface area contributed by atoms with Gasteiger partial charge in [-0.15, -0.1) is 0 Å². The molecular formula is C25H32Cl2N2O4. The second-order valence-electron chi connectivity index (χ2n) is 8.87. The number of amides is 2. The van der Waals surface area contributed by atoms with Gasteiger partial charge in [0.25, 0.3) is 0 Å². The second-order valence-corrected chi connectivity index (χ2v) is 9.69. The number of benzene rings is 2. The van der Waals surface area contributed by atoms with E-state index >= 15 is 0 Å². The standard InChI is InChI=1S/C25H32Cl2N2O4/c1-16(24(31)28-25(2,3)4)29(15-18-7-10-19(26)20(27)13-18)23(30)12-9-17-8-11-21(32-5)22(14-17)33-6/h7-8,10-11,13-14,16H,9,12,15H2,1-6H3,(H,28,31)/t16-/m1/s1. The normalized spacial score (nSPS) is 12.1. The summed E-state index contributed by atoms with van der Waals surface area (Å²) in [4.78, 5) is 27.7. The Labute approximate surface area is 206 Å². The SMILES string of the molecule is COc1ccc(CCC(=O)N(Cc2ccc(Cl)c(Cl)c2)[C@H](C)C(=O)NC(C)(C)C)cc1OC. The first-order valence-corrected chi connectivity index (χ1v) is 11.5. The lowest BCUT2D eigenvalue weighted by atomic mass is 10.1. The average Bonchev–Trinajstić information content (AvgIpc) is 2.76. The molecule has 0 unspecified atom stereocenters. The molecular weight excluding hydrogens is 463 g/mol. The lowest BCUT2D eigenvalue weighted by Crippen LogP contribution is -2.52. The Morgan fingerprint density at radius 3 is 2.18 bits per heavy atom. The third-order valence-corrected chi connectivity index (χ3v) is 5.82. The van der Waals surface area contributed by atoms with Crippen LogP contribution in [0, 0.1) is 0 Å². The Hall–Kier alpha value is -2.44. The number of nitrogens with one attached hydrogen (secondary N) is 1. The Balaban J connectivity index is 2.22. The number of carbonyl (C=O) groups is 2. The van der Waals surface area contributed by atoms with Crippen LogP contribution in [0.4, 0.5) is 0 Å². The summed E-state index contributed by atoms with van der Waals surface area (Å²) in [6.07, 6.45) is 0.717. The molecule has 2 aromatic carbocycles. The van der Waals surface area contributed by atoms with Crippen molar-refractivity contribution in [2.24, 2.45) is 0 Å². The van der Waals surface area contributed by atoms with E-state index in [9.17, 15) is 9.59 Å². The van der Waals surface area contributed by atoms with E-state index in [2.05, 4.69) is 5.32 Å². The first-order chi connectivity index (χ1) is 15.4. The minimum absolute atomic E-state index is 0.146. The van der Waals surface area contributed by atoms with Crippen molar-refractivity contribution in [2.45, 2.75) is 58.7 Å². The zero-order valence-electron chi connectivity index (χ0n) is 20.0. The van der Waals surface area contributed by atoms with Gasteiger partial charge in [0.1, 0.15) is 6.04 Å². The first-order valence-electron chi connectivity index (χ1n) is 10.7. The smallest absolute Gasteiger partial charge is 0.242 e. The summed E-state index contributed by atoms with van der Waals surface area (Å²) in [6, 6.07) is 10.1. The molecule has 0 heterocycles.